The number of aliphatic hydroxyl groups excluding tert-OH is 1. The zero-order valence-corrected chi connectivity index (χ0v) is 58.4. The van der Waals surface area contributed by atoms with E-state index in [4.69, 9.17) is 37.0 Å². The summed E-state index contributed by atoms with van der Waals surface area (Å²) in [7, 11) is -9.90. The number of phosphoric acid groups is 2. The fourth-order valence-electron chi connectivity index (χ4n) is 10.1. The van der Waals surface area contributed by atoms with Crippen molar-refractivity contribution in [1.29, 1.82) is 0 Å². The number of rotatable bonds is 65. The van der Waals surface area contributed by atoms with E-state index in [-0.39, 0.29) is 25.7 Å². The monoisotopic (exact) mass is 1280 g/mol. The van der Waals surface area contributed by atoms with Gasteiger partial charge in [-0.1, -0.05) is 280 Å². The van der Waals surface area contributed by atoms with Crippen LogP contribution in [-0.2, 0) is 65.4 Å². The first-order valence-electron chi connectivity index (χ1n) is 35.2. The van der Waals surface area contributed by atoms with Gasteiger partial charge < -0.3 is 33.8 Å². The first-order valence-corrected chi connectivity index (χ1v) is 38.2. The van der Waals surface area contributed by atoms with Gasteiger partial charge in [0.05, 0.1) is 26.4 Å². The third-order valence-electron chi connectivity index (χ3n) is 15.6. The second kappa shape index (κ2) is 57.9. The molecule has 0 aliphatic heterocycles. The van der Waals surface area contributed by atoms with Crippen molar-refractivity contribution in [2.45, 2.75) is 350 Å². The molecule has 0 heterocycles. The largest absolute Gasteiger partial charge is 0.472 e. The van der Waals surface area contributed by atoms with E-state index in [0.717, 1.165) is 114 Å². The van der Waals surface area contributed by atoms with E-state index < -0.39 is 97.5 Å². The van der Waals surface area contributed by atoms with Gasteiger partial charge in [0.25, 0.3) is 0 Å². The summed E-state index contributed by atoms with van der Waals surface area (Å²) in [4.78, 5) is 72.4. The van der Waals surface area contributed by atoms with Gasteiger partial charge in [-0.3, -0.25) is 37.3 Å². The molecule has 3 unspecified atom stereocenters. The molecule has 0 aliphatic rings. The normalized spacial score (nSPS) is 14.3. The summed E-state index contributed by atoms with van der Waals surface area (Å²) in [5.74, 6) is 0.789. The van der Waals surface area contributed by atoms with Gasteiger partial charge >= 0.3 is 39.5 Å². The molecule has 516 valence electrons. The van der Waals surface area contributed by atoms with Crippen LogP contribution >= 0.6 is 15.6 Å². The van der Waals surface area contributed by atoms with Gasteiger partial charge in [-0.2, -0.15) is 0 Å². The molecule has 0 saturated heterocycles. The molecule has 0 aromatic rings. The fraction of sp³-hybridized carbons (Fsp3) is 0.941. The molecular weight excluding hydrogens is 1150 g/mol. The molecule has 0 saturated carbocycles. The van der Waals surface area contributed by atoms with Crippen LogP contribution in [0.15, 0.2) is 0 Å². The van der Waals surface area contributed by atoms with Gasteiger partial charge in [0.1, 0.15) is 19.3 Å². The SMILES string of the molecule is CC(C)CCCCCCCCCCCCCC(=O)O[C@H](COC(=O)CCCCCCCCCCC(C)C)COP(=O)(O)OCC(O)COP(=O)(O)OC[C@@H](COC(=O)CCCCCCCCC(C)C)OC(=O)CCCCCCCCCCCCC(C)C. The molecule has 0 bridgehead atoms. The predicted octanol–water partition coefficient (Wildman–Crippen LogP) is 18.9. The summed E-state index contributed by atoms with van der Waals surface area (Å²) in [6, 6.07) is 0. The summed E-state index contributed by atoms with van der Waals surface area (Å²) >= 11 is 0. The van der Waals surface area contributed by atoms with Crippen LogP contribution in [0.1, 0.15) is 331 Å². The number of ether oxygens (including phenoxy) is 4. The molecule has 87 heavy (non-hydrogen) atoms. The van der Waals surface area contributed by atoms with E-state index in [1.54, 1.807) is 0 Å². The molecular formula is C68H132O17P2. The quantitative estimate of drug-likeness (QED) is 0.0222. The summed E-state index contributed by atoms with van der Waals surface area (Å²) in [5, 5.41) is 10.6. The van der Waals surface area contributed by atoms with Crippen molar-refractivity contribution in [3.8, 4) is 0 Å². The van der Waals surface area contributed by atoms with Crippen LogP contribution in [0.3, 0.4) is 0 Å². The van der Waals surface area contributed by atoms with Gasteiger partial charge in [0.15, 0.2) is 12.2 Å². The summed E-state index contributed by atoms with van der Waals surface area (Å²) in [6.45, 7) is 14.0. The van der Waals surface area contributed by atoms with Crippen molar-refractivity contribution in [2.75, 3.05) is 39.6 Å². The molecule has 0 aromatic carbocycles. The zero-order valence-electron chi connectivity index (χ0n) is 56.6. The van der Waals surface area contributed by atoms with Gasteiger partial charge in [0, 0.05) is 25.7 Å². The maximum absolute atomic E-state index is 13.0. The zero-order chi connectivity index (χ0) is 64.7. The number of carbonyl (C=O) groups excluding carboxylic acids is 4. The van der Waals surface area contributed by atoms with Crippen LogP contribution in [0.2, 0.25) is 0 Å². The van der Waals surface area contributed by atoms with E-state index in [2.05, 4.69) is 55.4 Å². The van der Waals surface area contributed by atoms with Crippen molar-refractivity contribution in [3.05, 3.63) is 0 Å². The van der Waals surface area contributed by atoms with Gasteiger partial charge in [-0.25, -0.2) is 9.13 Å². The number of phosphoric ester groups is 2. The second-order valence-electron chi connectivity index (χ2n) is 26.5. The molecule has 0 aromatic heterocycles. The average Bonchev–Trinajstić information content (AvgIpc) is 3.66. The van der Waals surface area contributed by atoms with E-state index in [9.17, 15) is 43.2 Å². The van der Waals surface area contributed by atoms with Crippen LogP contribution in [0.5, 0.6) is 0 Å². The summed E-state index contributed by atoms with van der Waals surface area (Å²) in [6.07, 6.45) is 39.1. The van der Waals surface area contributed by atoms with Gasteiger partial charge in [-0.05, 0) is 49.4 Å². The molecule has 0 aliphatic carbocycles. The van der Waals surface area contributed by atoms with Crippen LogP contribution in [0.4, 0.5) is 0 Å². The van der Waals surface area contributed by atoms with E-state index in [0.29, 0.717) is 31.6 Å². The number of hydrogen-bond acceptors (Lipinski definition) is 15. The molecule has 5 atom stereocenters. The van der Waals surface area contributed by atoms with E-state index in [1.165, 1.54) is 128 Å². The third kappa shape index (κ3) is 62.6. The van der Waals surface area contributed by atoms with Crippen molar-refractivity contribution in [2.24, 2.45) is 23.7 Å². The molecule has 0 radical (unpaired) electrons. The number of unbranched alkanes of at least 4 members (excludes halogenated alkanes) is 31. The standard InChI is InChI=1S/C68H132O17P2/c1-58(2)44-36-28-20-14-10-9-11-16-24-34-42-50-67(72)84-63(54-78-65(70)48-40-32-23-19-18-22-30-38-46-60(5)6)56-82-86(74,75)80-52-62(69)53-81-87(76,77)83-57-64(55-79-66(71)49-41-33-27-26-31-39-47-61(7)8)85-68(73)51-43-35-25-17-13-12-15-21-29-37-45-59(3)4/h58-64,69H,9-57H2,1-8H3,(H,74,75)(H,76,77)/t62?,63-,64-/m1/s1. The minimum Gasteiger partial charge on any atom is -0.462 e. The van der Waals surface area contributed by atoms with E-state index >= 15 is 0 Å². The van der Waals surface area contributed by atoms with Crippen LogP contribution in [0, 0.1) is 23.7 Å². The molecule has 17 nitrogen and oxygen atoms in total. The van der Waals surface area contributed by atoms with Crippen molar-refractivity contribution in [1.82, 2.24) is 0 Å². The third-order valence-corrected chi connectivity index (χ3v) is 17.5. The Labute approximate surface area is 530 Å². The Morgan fingerprint density at radius 3 is 0.713 bits per heavy atom. The highest BCUT2D eigenvalue weighted by molar-refractivity contribution is 7.47. The Morgan fingerprint density at radius 1 is 0.287 bits per heavy atom. The molecule has 19 heteroatoms. The highest BCUT2D eigenvalue weighted by Crippen LogP contribution is 2.45. The number of hydrogen-bond donors (Lipinski definition) is 3. The molecule has 3 N–H and O–H groups in total. The van der Waals surface area contributed by atoms with Crippen LogP contribution < -0.4 is 0 Å². The maximum atomic E-state index is 13.0. The Hall–Kier alpha value is -1.94. The van der Waals surface area contributed by atoms with Crippen molar-refractivity contribution in [3.63, 3.8) is 0 Å². The van der Waals surface area contributed by atoms with Crippen LogP contribution in [-0.4, -0.2) is 96.7 Å². The number of carbonyl (C=O) groups is 4. The Morgan fingerprint density at radius 2 is 0.483 bits per heavy atom. The van der Waals surface area contributed by atoms with Gasteiger partial charge in [0.2, 0.25) is 0 Å². The van der Waals surface area contributed by atoms with Crippen molar-refractivity contribution < 1.29 is 80.2 Å². The topological polar surface area (TPSA) is 237 Å². The molecule has 0 rings (SSSR count). The lowest BCUT2D eigenvalue weighted by Crippen LogP contribution is -2.30. The first-order chi connectivity index (χ1) is 41.6. The Balaban J connectivity index is 5.25. The smallest absolute Gasteiger partial charge is 0.462 e. The molecule has 0 spiro atoms. The highest BCUT2D eigenvalue weighted by Gasteiger charge is 2.30. The van der Waals surface area contributed by atoms with Crippen LogP contribution in [0.25, 0.3) is 0 Å². The predicted molar refractivity (Wildman–Crippen MR) is 349 cm³/mol. The second-order valence-corrected chi connectivity index (χ2v) is 29.4. The molecule has 0 amide bonds. The van der Waals surface area contributed by atoms with E-state index in [1.807, 2.05) is 0 Å². The number of esters is 4. The lowest BCUT2D eigenvalue weighted by molar-refractivity contribution is -0.161. The highest BCUT2D eigenvalue weighted by atomic mass is 31.2. The van der Waals surface area contributed by atoms with Crippen molar-refractivity contribution >= 4 is 39.5 Å². The number of aliphatic hydroxyl groups is 1. The molecule has 0 fully saturated rings. The lowest BCUT2D eigenvalue weighted by Gasteiger charge is -2.21. The lowest BCUT2D eigenvalue weighted by atomic mass is 10.0. The summed E-state index contributed by atoms with van der Waals surface area (Å²) < 4.78 is 68.2. The Bertz CT molecular complexity index is 1730. The fourth-order valence-corrected chi connectivity index (χ4v) is 11.7. The first kappa shape index (κ1) is 85.1. The average molecular weight is 1280 g/mol. The van der Waals surface area contributed by atoms with Gasteiger partial charge in [-0.15, -0.1) is 0 Å². The summed E-state index contributed by atoms with van der Waals surface area (Å²) in [5.41, 5.74) is 0. The maximum Gasteiger partial charge on any atom is 0.472 e. The minimum absolute atomic E-state index is 0.104. The Kier molecular flexibility index (Phi) is 56.6. The minimum atomic E-state index is -4.95.